The van der Waals surface area contributed by atoms with E-state index in [9.17, 15) is 0 Å². The van der Waals surface area contributed by atoms with Gasteiger partial charge in [-0.3, -0.25) is 9.89 Å². The number of allylic oxidation sites excluding steroid dienone is 1. The van der Waals surface area contributed by atoms with Crippen LogP contribution in [0.5, 0.6) is 0 Å². The Morgan fingerprint density at radius 3 is 1.88 bits per heavy atom. The third kappa shape index (κ3) is 9.98. The molecule has 0 aliphatic carbocycles. The van der Waals surface area contributed by atoms with Gasteiger partial charge in [-0.1, -0.05) is 19.2 Å². The van der Waals surface area contributed by atoms with Gasteiger partial charge in [0.2, 0.25) is 0 Å². The maximum atomic E-state index is 4.33. The molecule has 1 saturated heterocycles. The van der Waals surface area contributed by atoms with E-state index in [1.165, 1.54) is 19.4 Å². The quantitative estimate of drug-likeness (QED) is 0.730. The molecule has 0 spiro atoms. The molecule has 0 radical (unpaired) electrons. The van der Waals surface area contributed by atoms with Crippen LogP contribution >= 0.6 is 0 Å². The summed E-state index contributed by atoms with van der Waals surface area (Å²) < 4.78 is 0. The molecule has 0 N–H and O–H groups in total. The highest BCUT2D eigenvalue weighted by atomic mass is 15.2. The van der Waals surface area contributed by atoms with Crippen LogP contribution < -0.4 is 0 Å². The topological polar surface area (TPSA) is 25.3 Å². The van der Waals surface area contributed by atoms with Crippen molar-refractivity contribution >= 4 is 6.21 Å². The van der Waals surface area contributed by atoms with E-state index in [1.54, 1.807) is 12.3 Å². The monoisotopic (exact) mass is 335 g/mol. The Morgan fingerprint density at radius 2 is 1.33 bits per heavy atom. The van der Waals surface area contributed by atoms with Crippen LogP contribution in [-0.2, 0) is 0 Å². The van der Waals surface area contributed by atoms with E-state index in [1.807, 2.05) is 0 Å². The van der Waals surface area contributed by atoms with E-state index in [2.05, 4.69) is 58.9 Å². The van der Waals surface area contributed by atoms with E-state index in [-0.39, 0.29) is 0 Å². The van der Waals surface area contributed by atoms with Crippen LogP contribution in [0.1, 0.15) is 12.8 Å². The van der Waals surface area contributed by atoms with Gasteiger partial charge in [-0.25, -0.2) is 0 Å². The SMILES string of the molecule is C=CC=NC(=C)CN1CCCN(C)CCN(C)CCCN(C)CC1. The molecule has 0 aromatic rings. The second-order valence-corrected chi connectivity index (χ2v) is 6.97. The number of likely N-dealkylation sites (N-methyl/N-ethyl adjacent to an activating group) is 3. The van der Waals surface area contributed by atoms with Crippen molar-refractivity contribution in [3.63, 3.8) is 0 Å². The van der Waals surface area contributed by atoms with Crippen molar-refractivity contribution in [1.82, 2.24) is 19.6 Å². The molecule has 0 saturated carbocycles. The van der Waals surface area contributed by atoms with Gasteiger partial charge < -0.3 is 14.7 Å². The van der Waals surface area contributed by atoms with E-state index in [0.29, 0.717) is 0 Å². The number of hydrogen-bond acceptors (Lipinski definition) is 5. The standard InChI is InChI=1S/C19H37N5/c1-6-9-20-19(2)18-24-13-8-12-22(4)15-14-21(3)10-7-11-23(5)16-17-24/h6,9H,1-2,7-8,10-18H2,3-5H3. The molecule has 1 aliphatic rings. The van der Waals surface area contributed by atoms with Gasteiger partial charge in [-0.2, -0.15) is 0 Å². The fourth-order valence-corrected chi connectivity index (χ4v) is 2.89. The zero-order valence-electron chi connectivity index (χ0n) is 16.1. The molecule has 0 unspecified atom stereocenters. The smallest absolute Gasteiger partial charge is 0.0472 e. The predicted octanol–water partition coefficient (Wildman–Crippen LogP) is 1.65. The lowest BCUT2D eigenvalue weighted by atomic mass is 10.3. The van der Waals surface area contributed by atoms with Crippen LogP contribution in [0.4, 0.5) is 0 Å². The Morgan fingerprint density at radius 1 is 0.833 bits per heavy atom. The maximum absolute atomic E-state index is 4.33. The summed E-state index contributed by atoms with van der Waals surface area (Å²) in [6.45, 7) is 17.6. The van der Waals surface area contributed by atoms with E-state index >= 15 is 0 Å². The fourth-order valence-electron chi connectivity index (χ4n) is 2.89. The van der Waals surface area contributed by atoms with Crippen LogP contribution in [0, 0.1) is 0 Å². The minimum atomic E-state index is 0.838. The Bertz CT molecular complexity index is 393. The molecule has 24 heavy (non-hydrogen) atoms. The molecule has 1 rings (SSSR count). The summed E-state index contributed by atoms with van der Waals surface area (Å²) in [4.78, 5) is 14.1. The molecule has 1 heterocycles. The summed E-state index contributed by atoms with van der Waals surface area (Å²) in [6.07, 6.45) is 5.84. The van der Waals surface area contributed by atoms with Crippen LogP contribution in [-0.4, -0.2) is 106 Å². The highest BCUT2D eigenvalue weighted by molar-refractivity contribution is 5.71. The summed E-state index contributed by atoms with van der Waals surface area (Å²) in [5.74, 6) is 0. The zero-order chi connectivity index (χ0) is 17.8. The van der Waals surface area contributed by atoms with E-state index < -0.39 is 0 Å². The minimum Gasteiger partial charge on any atom is -0.305 e. The molecule has 0 aromatic heterocycles. The van der Waals surface area contributed by atoms with Crippen molar-refractivity contribution in [3.05, 3.63) is 24.9 Å². The number of rotatable bonds is 4. The van der Waals surface area contributed by atoms with Crippen LogP contribution in [0.2, 0.25) is 0 Å². The average Bonchev–Trinajstić information content (AvgIpc) is 2.55. The Balaban J connectivity index is 2.56. The highest BCUT2D eigenvalue weighted by Gasteiger charge is 2.10. The average molecular weight is 336 g/mol. The first-order valence-corrected chi connectivity index (χ1v) is 9.12. The van der Waals surface area contributed by atoms with Gasteiger partial charge in [0, 0.05) is 44.6 Å². The lowest BCUT2D eigenvalue weighted by Gasteiger charge is -2.28. The largest absolute Gasteiger partial charge is 0.305 e. The van der Waals surface area contributed by atoms with Gasteiger partial charge in [0.25, 0.3) is 0 Å². The van der Waals surface area contributed by atoms with Crippen LogP contribution in [0.25, 0.3) is 0 Å². The molecule has 0 aromatic carbocycles. The third-order valence-electron chi connectivity index (χ3n) is 4.52. The summed E-state index contributed by atoms with van der Waals surface area (Å²) in [5.41, 5.74) is 0.911. The fraction of sp³-hybridized carbons (Fsp3) is 0.737. The van der Waals surface area contributed by atoms with Gasteiger partial charge >= 0.3 is 0 Å². The molecule has 0 amide bonds. The van der Waals surface area contributed by atoms with Crippen molar-refractivity contribution in [2.75, 3.05) is 80.0 Å². The van der Waals surface area contributed by atoms with Gasteiger partial charge in [-0.05, 0) is 60.2 Å². The van der Waals surface area contributed by atoms with Crippen molar-refractivity contribution in [2.24, 2.45) is 4.99 Å². The zero-order valence-corrected chi connectivity index (χ0v) is 16.1. The Labute approximate surface area is 149 Å². The highest BCUT2D eigenvalue weighted by Crippen LogP contribution is 2.03. The van der Waals surface area contributed by atoms with Crippen LogP contribution in [0.3, 0.4) is 0 Å². The number of nitrogens with zero attached hydrogens (tertiary/aromatic N) is 5. The first-order chi connectivity index (χ1) is 11.5. The molecule has 5 heteroatoms. The molecular formula is C19H37N5. The van der Waals surface area contributed by atoms with Crippen molar-refractivity contribution in [3.8, 4) is 0 Å². The van der Waals surface area contributed by atoms with Gasteiger partial charge in [-0.15, -0.1) is 0 Å². The van der Waals surface area contributed by atoms with Crippen molar-refractivity contribution in [2.45, 2.75) is 12.8 Å². The Hall–Kier alpha value is -1.01. The molecule has 5 nitrogen and oxygen atoms in total. The first-order valence-electron chi connectivity index (χ1n) is 9.12. The molecule has 0 atom stereocenters. The Kier molecular flexibility index (Phi) is 10.8. The maximum Gasteiger partial charge on any atom is 0.0472 e. The summed E-state index contributed by atoms with van der Waals surface area (Å²) in [5, 5.41) is 0. The van der Waals surface area contributed by atoms with Crippen LogP contribution in [0.15, 0.2) is 29.9 Å². The minimum absolute atomic E-state index is 0.838. The molecular weight excluding hydrogens is 298 g/mol. The van der Waals surface area contributed by atoms with E-state index in [0.717, 1.165) is 58.1 Å². The second-order valence-electron chi connectivity index (χ2n) is 6.97. The van der Waals surface area contributed by atoms with Crippen molar-refractivity contribution < 1.29 is 0 Å². The van der Waals surface area contributed by atoms with Gasteiger partial charge in [0.1, 0.15) is 0 Å². The number of hydrogen-bond donors (Lipinski definition) is 0. The lowest BCUT2D eigenvalue weighted by Crippen LogP contribution is -2.39. The van der Waals surface area contributed by atoms with Gasteiger partial charge in [0.15, 0.2) is 0 Å². The molecule has 1 aliphatic heterocycles. The third-order valence-corrected chi connectivity index (χ3v) is 4.52. The summed E-state index contributed by atoms with van der Waals surface area (Å²) in [6, 6.07) is 0. The predicted molar refractivity (Wildman–Crippen MR) is 106 cm³/mol. The molecule has 138 valence electrons. The molecule has 0 bridgehead atoms. The van der Waals surface area contributed by atoms with Gasteiger partial charge in [0.05, 0.1) is 0 Å². The second kappa shape index (κ2) is 12.4. The molecule has 1 fully saturated rings. The first kappa shape index (κ1) is 21.0. The normalized spacial score (nSPS) is 22.5. The number of aliphatic imine (C=N–C) groups is 1. The summed E-state index contributed by atoms with van der Waals surface area (Å²) in [7, 11) is 6.68. The van der Waals surface area contributed by atoms with Crippen molar-refractivity contribution in [1.29, 1.82) is 0 Å². The summed E-state index contributed by atoms with van der Waals surface area (Å²) >= 11 is 0. The van der Waals surface area contributed by atoms with E-state index in [4.69, 9.17) is 0 Å². The lowest BCUT2D eigenvalue weighted by molar-refractivity contribution is 0.196.